The van der Waals surface area contributed by atoms with E-state index in [2.05, 4.69) is 48.2 Å². The summed E-state index contributed by atoms with van der Waals surface area (Å²) in [7, 11) is 2.13. The van der Waals surface area contributed by atoms with Gasteiger partial charge in [0.25, 0.3) is 11.5 Å². The molecule has 216 valence electrons. The molecule has 0 saturated heterocycles. The predicted octanol–water partition coefficient (Wildman–Crippen LogP) is 2.49. The quantitative estimate of drug-likeness (QED) is 0.350. The maximum Gasteiger partial charge on any atom is 0.278 e. The van der Waals surface area contributed by atoms with Crippen molar-refractivity contribution >= 4 is 34.4 Å². The highest BCUT2D eigenvalue weighted by atomic mass is 16.5. The molecule has 1 atom stereocenters. The Kier molecular flexibility index (Phi) is 6.13. The highest BCUT2D eigenvalue weighted by molar-refractivity contribution is 5.97. The number of nitrogens with one attached hydrogen (secondary N) is 1. The van der Waals surface area contributed by atoms with Crippen LogP contribution in [0.25, 0.3) is 16.9 Å². The number of aliphatic hydroxyl groups is 1. The normalized spacial score (nSPS) is 20.6. The van der Waals surface area contributed by atoms with Gasteiger partial charge in [-0.3, -0.25) is 14.5 Å². The fourth-order valence-electron chi connectivity index (χ4n) is 6.27. The number of fused-ring (bicyclic) bond motifs is 6. The van der Waals surface area contributed by atoms with Gasteiger partial charge in [0.2, 0.25) is 5.95 Å². The summed E-state index contributed by atoms with van der Waals surface area (Å²) in [5.74, 6) is 1.16. The molecule has 0 spiro atoms. The number of rotatable bonds is 2. The standard InChI is InChI=1S/C30H32N8O4/c1-30(2)17-35(3)14-18-12-19(7-8-22(18)30)32-29-31-13-21-26(34-29)38-24-10-9-23-27(33-24)36(25(40)16-42-23)15-20(39)6-4-5-11-37(38)28(21)41/h4-5,7-10,12-13,20,39H,6,11,14-17H2,1-3H3,(H,31,32,34)/b5-4-. The van der Waals surface area contributed by atoms with E-state index >= 15 is 0 Å². The maximum atomic E-state index is 13.6. The van der Waals surface area contributed by atoms with Crippen LogP contribution in [-0.2, 0) is 23.3 Å². The number of benzene rings is 1. The highest BCUT2D eigenvalue weighted by Gasteiger charge is 2.31. The second kappa shape index (κ2) is 9.78. The van der Waals surface area contributed by atoms with Gasteiger partial charge < -0.3 is 20.1 Å². The molecule has 0 radical (unpaired) electrons. The summed E-state index contributed by atoms with van der Waals surface area (Å²) < 4.78 is 8.78. The van der Waals surface area contributed by atoms with Crippen molar-refractivity contribution in [2.24, 2.45) is 0 Å². The molecule has 12 heteroatoms. The lowest BCUT2D eigenvalue weighted by Crippen LogP contribution is -2.44. The molecule has 2 N–H and O–H groups in total. The van der Waals surface area contributed by atoms with Crippen molar-refractivity contribution in [3.05, 3.63) is 70.2 Å². The summed E-state index contributed by atoms with van der Waals surface area (Å²) in [5.41, 5.74) is 3.59. The Morgan fingerprint density at radius 2 is 1.98 bits per heavy atom. The number of amides is 1. The number of pyridine rings is 1. The van der Waals surface area contributed by atoms with Gasteiger partial charge in [0.15, 0.2) is 29.6 Å². The maximum absolute atomic E-state index is 13.6. The lowest BCUT2D eigenvalue weighted by Gasteiger charge is -2.38. The van der Waals surface area contributed by atoms with Crippen LogP contribution in [-0.4, -0.2) is 73.1 Å². The molecule has 0 aliphatic carbocycles. The third kappa shape index (κ3) is 4.43. The predicted molar refractivity (Wildman–Crippen MR) is 158 cm³/mol. The zero-order valence-corrected chi connectivity index (χ0v) is 23.7. The van der Waals surface area contributed by atoms with Crippen LogP contribution in [0.4, 0.5) is 17.5 Å². The Labute approximate surface area is 241 Å². The smallest absolute Gasteiger partial charge is 0.278 e. The van der Waals surface area contributed by atoms with Gasteiger partial charge in [-0.25, -0.2) is 19.3 Å². The third-order valence-corrected chi connectivity index (χ3v) is 8.07. The van der Waals surface area contributed by atoms with Gasteiger partial charge in [-0.2, -0.15) is 4.98 Å². The van der Waals surface area contributed by atoms with Gasteiger partial charge in [0.05, 0.1) is 19.2 Å². The summed E-state index contributed by atoms with van der Waals surface area (Å²) in [6.45, 7) is 6.54. The van der Waals surface area contributed by atoms with Gasteiger partial charge in [-0.05, 0) is 48.9 Å². The molecular formula is C30H32N8O4. The first-order valence-electron chi connectivity index (χ1n) is 14.0. The molecule has 3 aromatic heterocycles. The summed E-state index contributed by atoms with van der Waals surface area (Å²) in [6.07, 6.45) is 4.67. The molecule has 12 nitrogen and oxygen atoms in total. The number of hydrogen-bond donors (Lipinski definition) is 2. The Balaban J connectivity index is 1.34. The van der Waals surface area contributed by atoms with Crippen LogP contribution in [0, 0.1) is 0 Å². The summed E-state index contributed by atoms with van der Waals surface area (Å²) in [6, 6.07) is 9.77. The van der Waals surface area contributed by atoms with Crippen molar-refractivity contribution in [3.63, 3.8) is 0 Å². The monoisotopic (exact) mass is 568 g/mol. The number of allylic oxidation sites excluding steroid dienone is 1. The summed E-state index contributed by atoms with van der Waals surface area (Å²) in [4.78, 5) is 44.0. The number of carbonyl (C=O) groups excluding carboxylic acids is 1. The lowest BCUT2D eigenvalue weighted by atomic mass is 9.78. The fraction of sp³-hybridized carbons (Fsp3) is 0.367. The van der Waals surface area contributed by atoms with Crippen LogP contribution >= 0.6 is 0 Å². The highest BCUT2D eigenvalue weighted by Crippen LogP contribution is 2.35. The van der Waals surface area contributed by atoms with Crippen LogP contribution < -0.4 is 20.5 Å². The molecule has 3 aliphatic heterocycles. The molecule has 0 fully saturated rings. The number of aliphatic hydroxyl groups excluding tert-OH is 1. The van der Waals surface area contributed by atoms with E-state index in [1.54, 1.807) is 16.8 Å². The van der Waals surface area contributed by atoms with Crippen LogP contribution in [0.2, 0.25) is 0 Å². The summed E-state index contributed by atoms with van der Waals surface area (Å²) in [5, 5.41) is 14.2. The van der Waals surface area contributed by atoms with E-state index in [1.807, 2.05) is 18.2 Å². The first-order valence-corrected chi connectivity index (χ1v) is 14.0. The van der Waals surface area contributed by atoms with E-state index in [9.17, 15) is 14.7 Å². The van der Waals surface area contributed by atoms with Gasteiger partial charge in [-0.1, -0.05) is 32.1 Å². The van der Waals surface area contributed by atoms with E-state index in [0.29, 0.717) is 40.8 Å². The van der Waals surface area contributed by atoms with Gasteiger partial charge >= 0.3 is 0 Å². The molecule has 1 aromatic carbocycles. The third-order valence-electron chi connectivity index (χ3n) is 8.07. The van der Waals surface area contributed by atoms with Crippen molar-refractivity contribution in [2.75, 3.05) is 37.0 Å². The van der Waals surface area contributed by atoms with E-state index in [0.717, 1.165) is 18.8 Å². The molecule has 6 heterocycles. The van der Waals surface area contributed by atoms with E-state index < -0.39 is 6.10 Å². The number of hydrogen-bond acceptors (Lipinski definition) is 9. The Hall–Kier alpha value is -4.55. The van der Waals surface area contributed by atoms with Crippen molar-refractivity contribution in [1.82, 2.24) is 29.2 Å². The minimum atomic E-state index is -0.793. The van der Waals surface area contributed by atoms with Crippen molar-refractivity contribution in [2.45, 2.75) is 44.9 Å². The SMILES string of the molecule is CN1Cc2cc(Nc3ncc4c(=O)n5n(c4n3)-c3ccc4c(n3)N(CC(O)C/C=C\C5)C(=O)CO4)ccc2C(C)(C)C1. The second-order valence-corrected chi connectivity index (χ2v) is 11.8. The Bertz CT molecular complexity index is 1820. The molecule has 0 saturated carbocycles. The number of ether oxygens (including phenoxy) is 1. The topological polar surface area (TPSA) is 131 Å². The molecule has 4 aromatic rings. The fourth-order valence-corrected chi connectivity index (χ4v) is 6.27. The number of anilines is 3. The molecule has 42 heavy (non-hydrogen) atoms. The number of carbonyl (C=O) groups is 1. The van der Waals surface area contributed by atoms with Crippen LogP contribution in [0.5, 0.6) is 5.75 Å². The minimum absolute atomic E-state index is 0.0510. The van der Waals surface area contributed by atoms with Crippen molar-refractivity contribution < 1.29 is 14.6 Å². The van der Waals surface area contributed by atoms with Gasteiger partial charge in [0, 0.05) is 30.4 Å². The molecule has 1 unspecified atom stereocenters. The average molecular weight is 569 g/mol. The van der Waals surface area contributed by atoms with E-state index in [1.165, 1.54) is 26.9 Å². The second-order valence-electron chi connectivity index (χ2n) is 11.8. The van der Waals surface area contributed by atoms with E-state index in [4.69, 9.17) is 14.7 Å². The summed E-state index contributed by atoms with van der Waals surface area (Å²) >= 11 is 0. The van der Waals surface area contributed by atoms with Gasteiger partial charge in [0.1, 0.15) is 5.39 Å². The van der Waals surface area contributed by atoms with Crippen LogP contribution in [0.15, 0.2) is 53.5 Å². The zero-order valence-electron chi connectivity index (χ0n) is 23.7. The zero-order chi connectivity index (χ0) is 29.2. The average Bonchev–Trinajstić information content (AvgIpc) is 3.21. The number of aromatic nitrogens is 5. The first kappa shape index (κ1) is 26.4. The number of nitrogens with zero attached hydrogens (tertiary/aromatic N) is 7. The molecule has 2 bridgehead atoms. The largest absolute Gasteiger partial charge is 0.480 e. The van der Waals surface area contributed by atoms with E-state index in [-0.39, 0.29) is 36.6 Å². The van der Waals surface area contributed by atoms with Crippen molar-refractivity contribution in [3.8, 4) is 11.6 Å². The Morgan fingerprint density at radius 3 is 2.83 bits per heavy atom. The lowest BCUT2D eigenvalue weighted by molar-refractivity contribution is -0.121. The van der Waals surface area contributed by atoms with Crippen molar-refractivity contribution in [1.29, 1.82) is 0 Å². The molecule has 1 amide bonds. The molecule has 7 rings (SSSR count). The first-order chi connectivity index (χ1) is 20.2. The van der Waals surface area contributed by atoms with Gasteiger partial charge in [-0.15, -0.1) is 0 Å². The molecule has 3 aliphatic rings. The minimum Gasteiger partial charge on any atom is -0.480 e. The van der Waals surface area contributed by atoms with Crippen LogP contribution in [0.3, 0.4) is 0 Å². The molecular weight excluding hydrogens is 536 g/mol. The number of likely N-dealkylation sites (N-methyl/N-ethyl adjacent to an activating group) is 1. The van der Waals surface area contributed by atoms with Crippen LogP contribution in [0.1, 0.15) is 31.4 Å². The Morgan fingerprint density at radius 1 is 1.12 bits per heavy atom.